The highest BCUT2D eigenvalue weighted by molar-refractivity contribution is 5.92. The van der Waals surface area contributed by atoms with Crippen molar-refractivity contribution in [1.82, 2.24) is 24.9 Å². The van der Waals surface area contributed by atoms with Gasteiger partial charge in [0.05, 0.1) is 28.1 Å². The van der Waals surface area contributed by atoms with Gasteiger partial charge in [-0.2, -0.15) is 0 Å². The van der Waals surface area contributed by atoms with Crippen molar-refractivity contribution in [2.75, 3.05) is 0 Å². The summed E-state index contributed by atoms with van der Waals surface area (Å²) in [6, 6.07) is 18.9. The highest BCUT2D eigenvalue weighted by Gasteiger charge is 2.16. The van der Waals surface area contributed by atoms with Gasteiger partial charge in [-0.3, -0.25) is 19.7 Å². The Hall–Kier alpha value is -4.39. The van der Waals surface area contributed by atoms with Gasteiger partial charge in [-0.05, 0) is 42.0 Å². The molecule has 5 rings (SSSR count). The Morgan fingerprint density at radius 1 is 0.871 bits per heavy atom. The number of nitrogens with two attached hydrogens (primary N) is 1. The van der Waals surface area contributed by atoms with E-state index in [2.05, 4.69) is 19.9 Å². The molecule has 0 fully saturated rings. The van der Waals surface area contributed by atoms with E-state index >= 15 is 0 Å². The number of H-pyrrole nitrogens is 1. The molecule has 3 aromatic heterocycles. The molecule has 0 bridgehead atoms. The van der Waals surface area contributed by atoms with Crippen LogP contribution in [-0.2, 0) is 6.42 Å². The zero-order chi connectivity index (χ0) is 21.2. The molecule has 0 spiro atoms. The number of fused-ring (bicyclic) bond motifs is 1. The van der Waals surface area contributed by atoms with Crippen LogP contribution in [0, 0.1) is 0 Å². The molecule has 7 heteroatoms. The Balaban J connectivity index is 1.57. The van der Waals surface area contributed by atoms with Gasteiger partial charge in [0.1, 0.15) is 5.82 Å². The van der Waals surface area contributed by atoms with Crippen LogP contribution in [0.25, 0.3) is 33.7 Å². The number of amides is 1. The summed E-state index contributed by atoms with van der Waals surface area (Å²) in [5, 5.41) is 0. The van der Waals surface area contributed by atoms with E-state index < -0.39 is 5.91 Å². The van der Waals surface area contributed by atoms with Crippen molar-refractivity contribution >= 4 is 16.9 Å². The molecule has 0 aliphatic heterocycles. The highest BCUT2D eigenvalue weighted by atomic mass is 16.1. The first-order chi connectivity index (χ1) is 15.2. The molecule has 31 heavy (non-hydrogen) atoms. The minimum Gasteiger partial charge on any atom is -0.366 e. The minimum atomic E-state index is -0.441. The van der Waals surface area contributed by atoms with E-state index in [0.29, 0.717) is 12.0 Å². The zero-order valence-electron chi connectivity index (χ0n) is 16.5. The molecular weight excluding hydrogens is 388 g/mol. The number of imidazole rings is 1. The van der Waals surface area contributed by atoms with Crippen LogP contribution in [0.3, 0.4) is 0 Å². The lowest BCUT2D eigenvalue weighted by Crippen LogP contribution is -2.10. The molecule has 0 aliphatic rings. The van der Waals surface area contributed by atoms with Gasteiger partial charge < -0.3 is 10.7 Å². The summed E-state index contributed by atoms with van der Waals surface area (Å²) >= 11 is 0. The van der Waals surface area contributed by atoms with Crippen LogP contribution in [0.2, 0.25) is 0 Å². The van der Waals surface area contributed by atoms with Crippen LogP contribution in [0.4, 0.5) is 0 Å². The van der Waals surface area contributed by atoms with Crippen molar-refractivity contribution in [3.8, 4) is 22.6 Å². The third-order valence-corrected chi connectivity index (χ3v) is 5.03. The van der Waals surface area contributed by atoms with E-state index in [0.717, 1.165) is 45.1 Å². The van der Waals surface area contributed by atoms with Crippen LogP contribution in [0.15, 0.2) is 79.3 Å². The molecule has 0 atom stereocenters. The molecule has 0 unspecified atom stereocenters. The summed E-state index contributed by atoms with van der Waals surface area (Å²) in [4.78, 5) is 32.9. The van der Waals surface area contributed by atoms with Crippen molar-refractivity contribution in [3.63, 3.8) is 0 Å². The zero-order valence-corrected chi connectivity index (χ0v) is 16.5. The van der Waals surface area contributed by atoms with Gasteiger partial charge in [0.25, 0.3) is 0 Å². The molecule has 0 radical (unpaired) electrons. The molecule has 5 aromatic rings. The lowest BCUT2D eigenvalue weighted by atomic mass is 10.1. The normalized spacial score (nSPS) is 11.0. The van der Waals surface area contributed by atoms with Crippen LogP contribution in [0.1, 0.15) is 21.7 Å². The molecule has 7 nitrogen and oxygen atoms in total. The predicted octanol–water partition coefficient (Wildman–Crippen LogP) is 3.77. The molecular formula is C24H18N6O. The maximum Gasteiger partial charge on any atom is 0.248 e. The Labute approximate surface area is 178 Å². The Kier molecular flexibility index (Phi) is 4.68. The Morgan fingerprint density at radius 3 is 2.42 bits per heavy atom. The molecule has 0 saturated heterocycles. The average molecular weight is 406 g/mol. The summed E-state index contributed by atoms with van der Waals surface area (Å²) in [5.41, 5.74) is 11.8. The number of pyridine rings is 1. The number of benzene rings is 2. The van der Waals surface area contributed by atoms with Gasteiger partial charge >= 0.3 is 0 Å². The van der Waals surface area contributed by atoms with Crippen LogP contribution < -0.4 is 5.73 Å². The number of aromatic nitrogens is 5. The number of carbonyl (C=O) groups excluding carboxylic acids is 1. The van der Waals surface area contributed by atoms with Crippen molar-refractivity contribution in [2.45, 2.75) is 6.42 Å². The molecule has 3 heterocycles. The summed E-state index contributed by atoms with van der Waals surface area (Å²) in [6.07, 6.45) is 5.69. The predicted molar refractivity (Wildman–Crippen MR) is 118 cm³/mol. The van der Waals surface area contributed by atoms with E-state index in [9.17, 15) is 4.79 Å². The molecule has 3 N–H and O–H groups in total. The fraction of sp³-hybridized carbons (Fsp3) is 0.0417. The Morgan fingerprint density at radius 2 is 1.68 bits per heavy atom. The van der Waals surface area contributed by atoms with Gasteiger partial charge in [0, 0.05) is 36.1 Å². The standard InChI is InChI=1S/C24H18N6O/c25-24(31)16-6-4-15(5-7-16)13-21-29-22(23(30-21)19-3-1-2-10-26-19)17-8-9-18-20(14-17)28-12-11-27-18/h1-12,14H,13H2,(H2,25,31)(H,29,30). The van der Waals surface area contributed by atoms with Gasteiger partial charge in [-0.15, -0.1) is 0 Å². The maximum absolute atomic E-state index is 11.3. The maximum atomic E-state index is 11.3. The van der Waals surface area contributed by atoms with Crippen LogP contribution >= 0.6 is 0 Å². The molecule has 0 saturated carbocycles. The summed E-state index contributed by atoms with van der Waals surface area (Å²) in [7, 11) is 0. The van der Waals surface area contributed by atoms with Crippen molar-refractivity contribution in [2.24, 2.45) is 5.73 Å². The lowest BCUT2D eigenvalue weighted by Gasteiger charge is -2.03. The lowest BCUT2D eigenvalue weighted by molar-refractivity contribution is 0.100. The summed E-state index contributed by atoms with van der Waals surface area (Å²) < 4.78 is 0. The minimum absolute atomic E-state index is 0.441. The van der Waals surface area contributed by atoms with Gasteiger partial charge in [0.2, 0.25) is 5.91 Å². The fourth-order valence-electron chi connectivity index (χ4n) is 3.50. The van der Waals surface area contributed by atoms with Gasteiger partial charge in [0.15, 0.2) is 0 Å². The smallest absolute Gasteiger partial charge is 0.248 e. The SMILES string of the molecule is NC(=O)c1ccc(Cc2nc(-c3ccc4nccnc4c3)c(-c3ccccn3)[nH]2)cc1. The first kappa shape index (κ1) is 18.6. The van der Waals surface area contributed by atoms with Crippen LogP contribution in [0.5, 0.6) is 0 Å². The third kappa shape index (κ3) is 3.76. The number of aromatic amines is 1. The topological polar surface area (TPSA) is 110 Å². The largest absolute Gasteiger partial charge is 0.366 e. The molecule has 150 valence electrons. The highest BCUT2D eigenvalue weighted by Crippen LogP contribution is 2.31. The first-order valence-electron chi connectivity index (χ1n) is 9.77. The van der Waals surface area contributed by atoms with E-state index in [1.807, 2.05) is 48.5 Å². The summed E-state index contributed by atoms with van der Waals surface area (Å²) in [6.45, 7) is 0. The summed E-state index contributed by atoms with van der Waals surface area (Å²) in [5.74, 6) is 0.352. The second-order valence-corrected chi connectivity index (χ2v) is 7.12. The van der Waals surface area contributed by atoms with E-state index in [-0.39, 0.29) is 0 Å². The number of hydrogen-bond acceptors (Lipinski definition) is 5. The second kappa shape index (κ2) is 7.79. The van der Waals surface area contributed by atoms with Gasteiger partial charge in [-0.25, -0.2) is 4.98 Å². The molecule has 1 amide bonds. The van der Waals surface area contributed by atoms with E-state index in [1.165, 1.54) is 0 Å². The van der Waals surface area contributed by atoms with Gasteiger partial charge in [-0.1, -0.05) is 24.3 Å². The van der Waals surface area contributed by atoms with E-state index in [1.54, 1.807) is 30.7 Å². The number of primary amides is 1. The fourth-order valence-corrected chi connectivity index (χ4v) is 3.50. The average Bonchev–Trinajstić information content (AvgIpc) is 3.23. The number of carbonyl (C=O) groups is 1. The number of rotatable bonds is 5. The molecule has 2 aromatic carbocycles. The Bertz CT molecular complexity index is 1380. The number of hydrogen-bond donors (Lipinski definition) is 2. The number of nitrogens with zero attached hydrogens (tertiary/aromatic N) is 4. The van der Waals surface area contributed by atoms with Crippen molar-refractivity contribution < 1.29 is 4.79 Å². The first-order valence-corrected chi connectivity index (χ1v) is 9.77. The third-order valence-electron chi connectivity index (χ3n) is 5.03. The number of nitrogens with one attached hydrogen (secondary N) is 1. The molecule has 0 aliphatic carbocycles. The van der Waals surface area contributed by atoms with Crippen LogP contribution in [-0.4, -0.2) is 30.8 Å². The van der Waals surface area contributed by atoms with Crippen molar-refractivity contribution in [3.05, 3.63) is 96.2 Å². The quantitative estimate of drug-likeness (QED) is 0.462. The van der Waals surface area contributed by atoms with Crippen molar-refractivity contribution in [1.29, 1.82) is 0 Å². The van der Waals surface area contributed by atoms with E-state index in [4.69, 9.17) is 10.7 Å². The monoisotopic (exact) mass is 406 g/mol. The second-order valence-electron chi connectivity index (χ2n) is 7.12.